The van der Waals surface area contributed by atoms with Crippen molar-refractivity contribution in [3.8, 4) is 0 Å². The van der Waals surface area contributed by atoms with Crippen molar-refractivity contribution in [2.75, 3.05) is 0 Å². The normalized spacial score (nSPS) is 33.1. The molecule has 5 nitrogen and oxygen atoms in total. The van der Waals surface area contributed by atoms with Gasteiger partial charge < -0.3 is 13.9 Å². The van der Waals surface area contributed by atoms with E-state index in [1.165, 1.54) is 0 Å². The smallest absolute Gasteiger partial charge is 0.337 e. The molecule has 0 unspecified atom stereocenters. The van der Waals surface area contributed by atoms with E-state index in [1.54, 1.807) is 0 Å². The third-order valence-corrected chi connectivity index (χ3v) is 10.2. The van der Waals surface area contributed by atoms with Crippen LogP contribution in [0, 0.1) is 0 Å². The Labute approximate surface area is 144 Å². The van der Waals surface area contributed by atoms with Gasteiger partial charge in [0.1, 0.15) is 24.4 Å². The Hall–Kier alpha value is -0.983. The van der Waals surface area contributed by atoms with Crippen LogP contribution in [0.3, 0.4) is 0 Å². The number of carbonyl (C=O) groups excluding carboxylic acids is 2. The van der Waals surface area contributed by atoms with Gasteiger partial charge in [0, 0.05) is 12.0 Å². The quantitative estimate of drug-likeness (QED) is 0.442. The number of fused-ring (bicyclic) bond motifs is 1. The van der Waals surface area contributed by atoms with E-state index >= 15 is 0 Å². The molecule has 134 valence electrons. The molecular formula is C18H28O5Si. The van der Waals surface area contributed by atoms with Crippen molar-refractivity contribution in [1.29, 1.82) is 0 Å². The fraction of sp³-hybridized carbons (Fsp3) is 0.778. The first kappa shape index (κ1) is 17.8. The van der Waals surface area contributed by atoms with Crippen molar-refractivity contribution in [2.24, 2.45) is 0 Å². The number of epoxide rings is 1. The Balaban J connectivity index is 1.93. The standard InChI is InChI=1S/C18H28O5Si/c1-7-8-10-9-11-12(17(20)21-10)14(16-15(22-16)13(11)19)23-24(5,6)18(2,3)4/h10,14-16H,7-9H2,1-6H3/t10-,14-,15-,16+/m1/s1. The molecule has 0 aromatic heterocycles. The summed E-state index contributed by atoms with van der Waals surface area (Å²) in [5, 5.41) is 0.0167. The molecule has 0 N–H and O–H groups in total. The third kappa shape index (κ3) is 2.89. The van der Waals surface area contributed by atoms with Gasteiger partial charge in [-0.05, 0) is 24.6 Å². The molecule has 0 aromatic rings. The minimum atomic E-state index is -2.10. The molecule has 2 aliphatic heterocycles. The summed E-state index contributed by atoms with van der Waals surface area (Å²) in [6.07, 6.45) is 0.789. The van der Waals surface area contributed by atoms with Crippen molar-refractivity contribution in [1.82, 2.24) is 0 Å². The van der Waals surface area contributed by atoms with Crippen LogP contribution in [0.25, 0.3) is 0 Å². The molecule has 0 saturated carbocycles. The number of hydrogen-bond donors (Lipinski definition) is 0. The van der Waals surface area contributed by atoms with E-state index in [1.807, 2.05) is 6.92 Å². The van der Waals surface area contributed by atoms with E-state index < -0.39 is 20.5 Å². The van der Waals surface area contributed by atoms with Gasteiger partial charge in [0.25, 0.3) is 0 Å². The highest BCUT2D eigenvalue weighted by Gasteiger charge is 2.61. The van der Waals surface area contributed by atoms with E-state index in [-0.39, 0.29) is 29.0 Å². The zero-order valence-electron chi connectivity index (χ0n) is 15.5. The maximum Gasteiger partial charge on any atom is 0.337 e. The van der Waals surface area contributed by atoms with Gasteiger partial charge in [0.2, 0.25) is 0 Å². The fourth-order valence-corrected chi connectivity index (χ4v) is 4.48. The minimum Gasteiger partial charge on any atom is -0.459 e. The van der Waals surface area contributed by atoms with E-state index in [2.05, 4.69) is 33.9 Å². The van der Waals surface area contributed by atoms with Crippen molar-refractivity contribution < 1.29 is 23.5 Å². The summed E-state index contributed by atoms with van der Waals surface area (Å²) in [5.74, 6) is -0.427. The Morgan fingerprint density at radius 3 is 2.50 bits per heavy atom. The van der Waals surface area contributed by atoms with Gasteiger partial charge in [-0.3, -0.25) is 4.79 Å². The van der Waals surface area contributed by atoms with Crippen LogP contribution in [0.5, 0.6) is 0 Å². The number of carbonyl (C=O) groups is 2. The lowest BCUT2D eigenvalue weighted by atomic mass is 9.83. The second-order valence-corrected chi connectivity index (χ2v) is 13.4. The summed E-state index contributed by atoms with van der Waals surface area (Å²) in [5.41, 5.74) is 1.02. The summed E-state index contributed by atoms with van der Waals surface area (Å²) in [6.45, 7) is 12.8. The van der Waals surface area contributed by atoms with Gasteiger partial charge in [-0.1, -0.05) is 34.1 Å². The summed E-state index contributed by atoms with van der Waals surface area (Å²) in [7, 11) is -2.10. The molecule has 24 heavy (non-hydrogen) atoms. The first-order valence-electron chi connectivity index (χ1n) is 8.88. The zero-order chi connectivity index (χ0) is 17.9. The van der Waals surface area contributed by atoms with Crippen molar-refractivity contribution in [3.63, 3.8) is 0 Å². The second kappa shape index (κ2) is 5.78. The lowest BCUT2D eigenvalue weighted by Gasteiger charge is -2.41. The van der Waals surface area contributed by atoms with Crippen LogP contribution >= 0.6 is 0 Å². The van der Waals surface area contributed by atoms with Crippen LogP contribution in [0.1, 0.15) is 47.0 Å². The highest BCUT2D eigenvalue weighted by Crippen LogP contribution is 2.47. The van der Waals surface area contributed by atoms with E-state index in [4.69, 9.17) is 13.9 Å². The molecule has 0 aromatic carbocycles. The molecule has 1 saturated heterocycles. The summed E-state index contributed by atoms with van der Waals surface area (Å²) >= 11 is 0. The predicted molar refractivity (Wildman–Crippen MR) is 92.2 cm³/mol. The average molecular weight is 353 g/mol. The largest absolute Gasteiger partial charge is 0.459 e. The molecule has 4 atom stereocenters. The van der Waals surface area contributed by atoms with Gasteiger partial charge in [0.05, 0.1) is 5.57 Å². The molecule has 0 spiro atoms. The first-order chi connectivity index (χ1) is 11.1. The number of hydrogen-bond acceptors (Lipinski definition) is 5. The molecule has 3 aliphatic rings. The average Bonchev–Trinajstić information content (AvgIpc) is 3.23. The topological polar surface area (TPSA) is 65.1 Å². The zero-order valence-corrected chi connectivity index (χ0v) is 16.5. The second-order valence-electron chi connectivity index (χ2n) is 8.60. The summed E-state index contributed by atoms with van der Waals surface area (Å²) in [4.78, 5) is 25.2. The van der Waals surface area contributed by atoms with Gasteiger partial charge >= 0.3 is 5.97 Å². The van der Waals surface area contributed by atoms with Gasteiger partial charge in [-0.25, -0.2) is 4.79 Å². The molecule has 0 radical (unpaired) electrons. The molecule has 0 amide bonds. The Bertz CT molecular complexity index is 601. The van der Waals surface area contributed by atoms with Crippen LogP contribution in [0.2, 0.25) is 18.1 Å². The number of esters is 1. The maximum atomic E-state index is 12.6. The van der Waals surface area contributed by atoms with Crippen LogP contribution in [0.15, 0.2) is 11.1 Å². The monoisotopic (exact) mass is 352 g/mol. The van der Waals surface area contributed by atoms with Gasteiger partial charge in [-0.2, -0.15) is 0 Å². The minimum absolute atomic E-state index is 0.0167. The third-order valence-electron chi connectivity index (χ3n) is 5.75. The SMILES string of the molecule is CCC[C@@H]1CC2=C(C(=O)O1)[C@@H](O[Si](C)(C)C(C)(C)C)[C@@H]1O[C@@H]1C2=O. The highest BCUT2D eigenvalue weighted by molar-refractivity contribution is 6.74. The van der Waals surface area contributed by atoms with Crippen molar-refractivity contribution >= 4 is 20.1 Å². The van der Waals surface area contributed by atoms with Crippen LogP contribution in [-0.4, -0.2) is 44.5 Å². The van der Waals surface area contributed by atoms with Crippen LogP contribution in [0.4, 0.5) is 0 Å². The number of Topliss-reactive ketones (excluding diaryl/α,β-unsaturated/α-hetero) is 1. The first-order valence-corrected chi connectivity index (χ1v) is 11.8. The maximum absolute atomic E-state index is 12.6. The predicted octanol–water partition coefficient (Wildman–Crippen LogP) is 3.14. The Kier molecular flexibility index (Phi) is 4.29. The Morgan fingerprint density at radius 2 is 1.92 bits per heavy atom. The molecule has 0 bridgehead atoms. The molecule has 6 heteroatoms. The number of ether oxygens (including phenoxy) is 2. The molecule has 1 fully saturated rings. The van der Waals surface area contributed by atoms with Gasteiger partial charge in [-0.15, -0.1) is 0 Å². The molecule has 2 heterocycles. The van der Waals surface area contributed by atoms with Crippen molar-refractivity contribution in [3.05, 3.63) is 11.1 Å². The summed E-state index contributed by atoms with van der Waals surface area (Å²) in [6, 6.07) is 0. The lowest BCUT2D eigenvalue weighted by molar-refractivity contribution is -0.148. The lowest BCUT2D eigenvalue weighted by Crippen LogP contribution is -2.50. The van der Waals surface area contributed by atoms with E-state index in [0.29, 0.717) is 17.6 Å². The van der Waals surface area contributed by atoms with Gasteiger partial charge in [0.15, 0.2) is 14.1 Å². The molecular weight excluding hydrogens is 324 g/mol. The number of cyclic esters (lactones) is 1. The highest BCUT2D eigenvalue weighted by atomic mass is 28.4. The van der Waals surface area contributed by atoms with Crippen molar-refractivity contribution in [2.45, 2.75) is 89.5 Å². The number of rotatable bonds is 4. The van der Waals surface area contributed by atoms with E-state index in [9.17, 15) is 9.59 Å². The molecule has 3 rings (SSSR count). The van der Waals surface area contributed by atoms with Crippen LogP contribution in [-0.2, 0) is 23.5 Å². The van der Waals surface area contributed by atoms with E-state index in [0.717, 1.165) is 12.8 Å². The molecule has 1 aliphatic carbocycles. The number of ketones is 1. The Morgan fingerprint density at radius 1 is 1.25 bits per heavy atom. The fourth-order valence-electron chi connectivity index (χ4n) is 3.24. The van der Waals surface area contributed by atoms with Crippen LogP contribution < -0.4 is 0 Å². The summed E-state index contributed by atoms with van der Waals surface area (Å²) < 4.78 is 17.7.